The van der Waals surface area contributed by atoms with Gasteiger partial charge in [-0.15, -0.1) is 6.58 Å². The van der Waals surface area contributed by atoms with E-state index in [1.54, 1.807) is 6.20 Å². The fourth-order valence-electron chi connectivity index (χ4n) is 1.63. The monoisotopic (exact) mass is 165 g/mol. The molecule has 1 saturated carbocycles. The van der Waals surface area contributed by atoms with E-state index in [1.165, 1.54) is 25.7 Å². The van der Waals surface area contributed by atoms with Crippen molar-refractivity contribution in [3.05, 3.63) is 25.4 Å². The molecule has 12 heavy (non-hydrogen) atoms. The van der Waals surface area contributed by atoms with Crippen LogP contribution >= 0.6 is 0 Å². The van der Waals surface area contributed by atoms with Gasteiger partial charge in [-0.2, -0.15) is 0 Å². The van der Waals surface area contributed by atoms with Crippen LogP contribution in [0.4, 0.5) is 0 Å². The zero-order chi connectivity index (χ0) is 9.03. The third-order valence-corrected chi connectivity index (χ3v) is 2.82. The topological polar surface area (TPSA) is 12.0 Å². The quantitative estimate of drug-likeness (QED) is 0.597. The Morgan fingerprint density at radius 1 is 1.50 bits per heavy atom. The summed E-state index contributed by atoms with van der Waals surface area (Å²) >= 11 is 0. The van der Waals surface area contributed by atoms with Crippen LogP contribution in [0.15, 0.2) is 25.4 Å². The normalized spacial score (nSPS) is 21.1. The first-order valence-corrected chi connectivity index (χ1v) is 4.77. The minimum absolute atomic E-state index is 0.469. The molecule has 0 aromatic heterocycles. The minimum atomic E-state index is 0.469. The number of nitrogens with one attached hydrogen (secondary N) is 1. The smallest absolute Gasteiger partial charge is 0.0261 e. The molecule has 1 fully saturated rings. The third-order valence-electron chi connectivity index (χ3n) is 2.82. The lowest BCUT2D eigenvalue weighted by atomic mass is 9.96. The van der Waals surface area contributed by atoms with E-state index in [0.29, 0.717) is 11.5 Å². The van der Waals surface area contributed by atoms with Crippen LogP contribution in [0.3, 0.4) is 0 Å². The summed E-state index contributed by atoms with van der Waals surface area (Å²) in [6, 6.07) is 0.586. The second kappa shape index (κ2) is 3.79. The Morgan fingerprint density at radius 2 is 2.17 bits per heavy atom. The van der Waals surface area contributed by atoms with E-state index in [4.69, 9.17) is 0 Å². The maximum Gasteiger partial charge on any atom is 0.0261 e. The van der Waals surface area contributed by atoms with Gasteiger partial charge in [-0.1, -0.05) is 19.6 Å². The van der Waals surface area contributed by atoms with E-state index < -0.39 is 0 Å². The Labute approximate surface area is 75.6 Å². The summed E-state index contributed by atoms with van der Waals surface area (Å²) in [6.45, 7) is 9.79. The molecule has 0 radical (unpaired) electrons. The number of allylic oxidation sites excluding steroid dienone is 1. The van der Waals surface area contributed by atoms with Crippen molar-refractivity contribution >= 4 is 0 Å². The van der Waals surface area contributed by atoms with Crippen molar-refractivity contribution < 1.29 is 0 Å². The van der Waals surface area contributed by atoms with Gasteiger partial charge in [-0.05, 0) is 37.3 Å². The fraction of sp³-hybridized carbons (Fsp3) is 0.636. The molecule has 1 N–H and O–H groups in total. The predicted molar refractivity (Wildman–Crippen MR) is 53.9 cm³/mol. The average Bonchev–Trinajstić information content (AvgIpc) is 2.85. The molecule has 1 nitrogen and oxygen atoms in total. The van der Waals surface area contributed by atoms with Gasteiger partial charge in [0.15, 0.2) is 0 Å². The summed E-state index contributed by atoms with van der Waals surface area (Å²) in [5.41, 5.74) is 0.469. The van der Waals surface area contributed by atoms with Crippen molar-refractivity contribution in [2.45, 2.75) is 38.6 Å². The first-order valence-electron chi connectivity index (χ1n) is 4.77. The Morgan fingerprint density at radius 3 is 2.50 bits per heavy atom. The maximum absolute atomic E-state index is 3.89. The van der Waals surface area contributed by atoms with Crippen LogP contribution in [-0.2, 0) is 0 Å². The molecule has 1 aliphatic rings. The van der Waals surface area contributed by atoms with Gasteiger partial charge in [0.25, 0.3) is 0 Å². The lowest BCUT2D eigenvalue weighted by Crippen LogP contribution is -2.26. The Kier molecular flexibility index (Phi) is 2.96. The summed E-state index contributed by atoms with van der Waals surface area (Å²) in [5, 5.41) is 3.28. The van der Waals surface area contributed by atoms with Crippen molar-refractivity contribution in [1.82, 2.24) is 5.32 Å². The van der Waals surface area contributed by atoms with Gasteiger partial charge in [0.05, 0.1) is 0 Å². The van der Waals surface area contributed by atoms with Crippen molar-refractivity contribution in [1.29, 1.82) is 0 Å². The van der Waals surface area contributed by atoms with Crippen LogP contribution in [-0.4, -0.2) is 6.04 Å². The molecule has 0 amide bonds. The van der Waals surface area contributed by atoms with Gasteiger partial charge in [-0.25, -0.2) is 0 Å². The van der Waals surface area contributed by atoms with E-state index in [9.17, 15) is 0 Å². The molecule has 1 rings (SSSR count). The highest BCUT2D eigenvalue weighted by Gasteiger charge is 2.40. The van der Waals surface area contributed by atoms with Crippen LogP contribution in [0.1, 0.15) is 32.6 Å². The third kappa shape index (κ3) is 2.13. The zero-order valence-electron chi connectivity index (χ0n) is 7.97. The largest absolute Gasteiger partial charge is 0.389 e. The predicted octanol–water partition coefficient (Wildman–Crippen LogP) is 2.85. The maximum atomic E-state index is 3.89. The van der Waals surface area contributed by atoms with Crippen LogP contribution in [0.25, 0.3) is 0 Å². The van der Waals surface area contributed by atoms with Crippen LogP contribution in [0, 0.1) is 5.41 Å². The first kappa shape index (κ1) is 9.37. The molecule has 1 atom stereocenters. The van der Waals surface area contributed by atoms with Gasteiger partial charge in [0.2, 0.25) is 0 Å². The molecule has 68 valence electrons. The molecule has 0 aromatic rings. The number of rotatable bonds is 6. The van der Waals surface area contributed by atoms with Gasteiger partial charge in [0, 0.05) is 6.04 Å². The Hall–Kier alpha value is -0.720. The molecular weight excluding hydrogens is 146 g/mol. The highest BCUT2D eigenvalue weighted by molar-refractivity contribution is 5.07. The molecule has 0 bridgehead atoms. The summed E-state index contributed by atoms with van der Waals surface area (Å²) in [7, 11) is 0. The summed E-state index contributed by atoms with van der Waals surface area (Å²) in [5.74, 6) is 0. The van der Waals surface area contributed by atoms with E-state index in [0.717, 1.165) is 0 Å². The Bertz CT molecular complexity index is 168. The lowest BCUT2D eigenvalue weighted by Gasteiger charge is -2.19. The van der Waals surface area contributed by atoms with Crippen LogP contribution < -0.4 is 5.32 Å². The van der Waals surface area contributed by atoms with E-state index >= 15 is 0 Å². The summed E-state index contributed by atoms with van der Waals surface area (Å²) in [4.78, 5) is 0. The molecule has 1 heteroatoms. The number of hydrogen-bond acceptors (Lipinski definition) is 1. The van der Waals surface area contributed by atoms with Crippen LogP contribution in [0.5, 0.6) is 0 Å². The lowest BCUT2D eigenvalue weighted by molar-refractivity contribution is 0.440. The van der Waals surface area contributed by atoms with E-state index in [-0.39, 0.29) is 0 Å². The number of hydrogen-bond donors (Lipinski definition) is 1. The van der Waals surface area contributed by atoms with Crippen molar-refractivity contribution in [2.24, 2.45) is 5.41 Å². The van der Waals surface area contributed by atoms with E-state index in [1.807, 2.05) is 0 Å². The van der Waals surface area contributed by atoms with Gasteiger partial charge >= 0.3 is 0 Å². The standard InChI is InChI=1S/C11H19N/c1-4-10(12-6-3)9-11(5-2)7-8-11/h5-6,10,12H,2-4,7-9H2,1H3. The molecule has 0 saturated heterocycles. The van der Waals surface area contributed by atoms with Gasteiger partial charge in [0.1, 0.15) is 0 Å². The SMILES string of the molecule is C=CNC(CC)CC1(C=C)CC1. The second-order valence-electron chi connectivity index (χ2n) is 3.75. The zero-order valence-corrected chi connectivity index (χ0v) is 7.97. The van der Waals surface area contributed by atoms with Gasteiger partial charge < -0.3 is 5.32 Å². The molecule has 1 unspecified atom stereocenters. The fourth-order valence-corrected chi connectivity index (χ4v) is 1.63. The molecule has 0 heterocycles. The summed E-state index contributed by atoms with van der Waals surface area (Å²) in [6.07, 6.45) is 8.96. The highest BCUT2D eigenvalue weighted by Crippen LogP contribution is 2.50. The first-order chi connectivity index (χ1) is 5.76. The Balaban J connectivity index is 2.36. The minimum Gasteiger partial charge on any atom is -0.389 e. The van der Waals surface area contributed by atoms with Crippen molar-refractivity contribution in [3.63, 3.8) is 0 Å². The van der Waals surface area contributed by atoms with Crippen LogP contribution in [0.2, 0.25) is 0 Å². The molecule has 0 aliphatic heterocycles. The molecule has 0 aromatic carbocycles. The highest BCUT2D eigenvalue weighted by atomic mass is 14.9. The second-order valence-corrected chi connectivity index (χ2v) is 3.75. The molecular formula is C11H19N. The summed E-state index contributed by atoms with van der Waals surface area (Å²) < 4.78 is 0. The average molecular weight is 165 g/mol. The van der Waals surface area contributed by atoms with Crippen molar-refractivity contribution in [3.8, 4) is 0 Å². The molecule has 0 spiro atoms. The molecule has 1 aliphatic carbocycles. The van der Waals surface area contributed by atoms with Gasteiger partial charge in [-0.3, -0.25) is 0 Å². The van der Waals surface area contributed by atoms with Crippen molar-refractivity contribution in [2.75, 3.05) is 0 Å². The van der Waals surface area contributed by atoms with E-state index in [2.05, 4.69) is 31.5 Å².